The molecule has 104 valence electrons. The zero-order valence-electron chi connectivity index (χ0n) is 11.0. The highest BCUT2D eigenvalue weighted by Gasteiger charge is 2.12. The van der Waals surface area contributed by atoms with Crippen LogP contribution < -0.4 is 5.32 Å². The fraction of sp³-hybridized carbons (Fsp3) is 0.133. The summed E-state index contributed by atoms with van der Waals surface area (Å²) >= 11 is 0. The maximum absolute atomic E-state index is 13.1. The predicted octanol–water partition coefficient (Wildman–Crippen LogP) is 3.54. The first-order valence-corrected chi connectivity index (χ1v) is 5.94. The number of phenols is 1. The number of halogens is 2. The van der Waals surface area contributed by atoms with Crippen molar-refractivity contribution >= 4 is 11.6 Å². The van der Waals surface area contributed by atoms with Crippen molar-refractivity contribution in [3.8, 4) is 5.75 Å². The third kappa shape index (κ3) is 2.93. The molecule has 2 aromatic carbocycles. The van der Waals surface area contributed by atoms with Crippen molar-refractivity contribution in [2.75, 3.05) is 5.32 Å². The van der Waals surface area contributed by atoms with E-state index in [1.165, 1.54) is 6.07 Å². The molecule has 0 aliphatic carbocycles. The number of aromatic hydroxyl groups is 1. The summed E-state index contributed by atoms with van der Waals surface area (Å²) in [7, 11) is 0. The van der Waals surface area contributed by atoms with Gasteiger partial charge in [-0.3, -0.25) is 4.79 Å². The van der Waals surface area contributed by atoms with Gasteiger partial charge in [0.05, 0.1) is 0 Å². The van der Waals surface area contributed by atoms with E-state index in [-0.39, 0.29) is 11.3 Å². The number of carbonyl (C=O) groups excluding carboxylic acids is 1. The van der Waals surface area contributed by atoms with Crippen molar-refractivity contribution in [2.24, 2.45) is 0 Å². The van der Waals surface area contributed by atoms with Crippen LogP contribution in [0.1, 0.15) is 21.5 Å². The minimum absolute atomic E-state index is 0.104. The SMILES string of the molecule is Cc1cc(NC(=O)c2cc(F)cc(F)c2)c(C)cc1O. The number of amides is 1. The van der Waals surface area contributed by atoms with E-state index in [0.29, 0.717) is 22.9 Å². The van der Waals surface area contributed by atoms with Crippen LogP contribution in [0.4, 0.5) is 14.5 Å². The molecule has 0 aliphatic rings. The van der Waals surface area contributed by atoms with Crippen molar-refractivity contribution < 1.29 is 18.7 Å². The lowest BCUT2D eigenvalue weighted by atomic mass is 10.1. The largest absolute Gasteiger partial charge is 0.508 e. The van der Waals surface area contributed by atoms with E-state index in [9.17, 15) is 18.7 Å². The van der Waals surface area contributed by atoms with E-state index in [1.54, 1.807) is 19.9 Å². The fourth-order valence-corrected chi connectivity index (χ4v) is 1.82. The minimum Gasteiger partial charge on any atom is -0.508 e. The summed E-state index contributed by atoms with van der Waals surface area (Å²) in [5, 5.41) is 12.1. The van der Waals surface area contributed by atoms with Gasteiger partial charge in [-0.15, -0.1) is 0 Å². The van der Waals surface area contributed by atoms with Gasteiger partial charge in [-0.2, -0.15) is 0 Å². The molecule has 0 bridgehead atoms. The highest BCUT2D eigenvalue weighted by molar-refractivity contribution is 6.04. The number of aryl methyl sites for hydroxylation is 2. The molecule has 0 aliphatic heterocycles. The summed E-state index contributed by atoms with van der Waals surface area (Å²) in [6.07, 6.45) is 0. The molecule has 20 heavy (non-hydrogen) atoms. The Hall–Kier alpha value is -2.43. The molecule has 0 saturated heterocycles. The number of hydrogen-bond donors (Lipinski definition) is 2. The van der Waals surface area contributed by atoms with E-state index in [1.807, 2.05) is 0 Å². The Kier molecular flexibility index (Phi) is 3.70. The number of carbonyl (C=O) groups is 1. The van der Waals surface area contributed by atoms with Gasteiger partial charge in [0.2, 0.25) is 0 Å². The number of phenolic OH excluding ortho intramolecular Hbond substituents is 1. The quantitative estimate of drug-likeness (QED) is 0.825. The van der Waals surface area contributed by atoms with Crippen molar-refractivity contribution in [1.82, 2.24) is 0 Å². The molecule has 3 nitrogen and oxygen atoms in total. The molecule has 0 saturated carbocycles. The molecular weight excluding hydrogens is 264 g/mol. The van der Waals surface area contributed by atoms with Gasteiger partial charge in [-0.25, -0.2) is 8.78 Å². The molecule has 0 radical (unpaired) electrons. The van der Waals surface area contributed by atoms with Crippen LogP contribution in [-0.2, 0) is 0 Å². The Morgan fingerprint density at radius 3 is 2.20 bits per heavy atom. The van der Waals surface area contributed by atoms with Crippen molar-refractivity contribution in [1.29, 1.82) is 0 Å². The Morgan fingerprint density at radius 1 is 1.00 bits per heavy atom. The maximum atomic E-state index is 13.1. The van der Waals surface area contributed by atoms with E-state index >= 15 is 0 Å². The van der Waals surface area contributed by atoms with Gasteiger partial charge in [0.1, 0.15) is 17.4 Å². The molecule has 0 fully saturated rings. The number of rotatable bonds is 2. The van der Waals surface area contributed by atoms with Crippen LogP contribution in [0.2, 0.25) is 0 Å². The highest BCUT2D eigenvalue weighted by atomic mass is 19.1. The number of nitrogens with one attached hydrogen (secondary N) is 1. The monoisotopic (exact) mass is 277 g/mol. The van der Waals surface area contributed by atoms with Crippen LogP contribution in [0.3, 0.4) is 0 Å². The second kappa shape index (κ2) is 5.28. The third-order valence-corrected chi connectivity index (χ3v) is 2.92. The standard InChI is InChI=1S/C15H13F2NO2/c1-8-4-14(19)9(2)3-13(8)18-15(20)10-5-11(16)7-12(17)6-10/h3-7,19H,1-2H3,(H,18,20). The average Bonchev–Trinajstić information content (AvgIpc) is 2.34. The predicted molar refractivity (Wildman–Crippen MR) is 71.9 cm³/mol. The lowest BCUT2D eigenvalue weighted by Gasteiger charge is -2.11. The molecule has 0 unspecified atom stereocenters. The van der Waals surface area contributed by atoms with Gasteiger partial charge < -0.3 is 10.4 Å². The molecule has 5 heteroatoms. The Labute approximate surface area is 114 Å². The van der Waals surface area contributed by atoms with Crippen LogP contribution in [0, 0.1) is 25.5 Å². The normalized spacial score (nSPS) is 10.4. The van der Waals surface area contributed by atoms with Crippen molar-refractivity contribution in [2.45, 2.75) is 13.8 Å². The highest BCUT2D eigenvalue weighted by Crippen LogP contribution is 2.25. The molecule has 1 amide bonds. The molecule has 0 aromatic heterocycles. The van der Waals surface area contributed by atoms with Crippen LogP contribution in [0.15, 0.2) is 30.3 Å². The summed E-state index contributed by atoms with van der Waals surface area (Å²) in [5.74, 6) is -2.11. The Balaban J connectivity index is 2.30. The minimum atomic E-state index is -0.811. The smallest absolute Gasteiger partial charge is 0.255 e. The zero-order chi connectivity index (χ0) is 14.9. The topological polar surface area (TPSA) is 49.3 Å². The molecular formula is C15H13F2NO2. The molecule has 0 spiro atoms. The first kappa shape index (κ1) is 14.0. The number of benzene rings is 2. The number of anilines is 1. The van der Waals surface area contributed by atoms with Gasteiger partial charge in [-0.05, 0) is 49.2 Å². The zero-order valence-corrected chi connectivity index (χ0v) is 11.0. The lowest BCUT2D eigenvalue weighted by Crippen LogP contribution is -2.13. The van der Waals surface area contributed by atoms with Crippen LogP contribution in [0.5, 0.6) is 5.75 Å². The molecule has 2 aromatic rings. The lowest BCUT2D eigenvalue weighted by molar-refractivity contribution is 0.102. The molecule has 0 heterocycles. The summed E-state index contributed by atoms with van der Waals surface area (Å²) in [6.45, 7) is 3.40. The molecule has 0 atom stereocenters. The van der Waals surface area contributed by atoms with E-state index in [2.05, 4.69) is 5.32 Å². The average molecular weight is 277 g/mol. The van der Waals surface area contributed by atoms with Crippen LogP contribution >= 0.6 is 0 Å². The Bertz CT molecular complexity index is 664. The number of hydrogen-bond acceptors (Lipinski definition) is 2. The van der Waals surface area contributed by atoms with Gasteiger partial charge in [0, 0.05) is 17.3 Å². The second-order valence-corrected chi connectivity index (χ2v) is 4.57. The van der Waals surface area contributed by atoms with Gasteiger partial charge in [-0.1, -0.05) is 0 Å². The fourth-order valence-electron chi connectivity index (χ4n) is 1.82. The summed E-state index contributed by atoms with van der Waals surface area (Å²) in [4.78, 5) is 12.0. The van der Waals surface area contributed by atoms with Crippen LogP contribution in [0.25, 0.3) is 0 Å². The van der Waals surface area contributed by atoms with Crippen LogP contribution in [-0.4, -0.2) is 11.0 Å². The maximum Gasteiger partial charge on any atom is 0.255 e. The van der Waals surface area contributed by atoms with Crippen molar-refractivity contribution in [3.05, 3.63) is 58.7 Å². The van der Waals surface area contributed by atoms with Gasteiger partial charge in [0.15, 0.2) is 0 Å². The van der Waals surface area contributed by atoms with Gasteiger partial charge >= 0.3 is 0 Å². The van der Waals surface area contributed by atoms with Gasteiger partial charge in [0.25, 0.3) is 5.91 Å². The van der Waals surface area contributed by atoms with Crippen molar-refractivity contribution in [3.63, 3.8) is 0 Å². The third-order valence-electron chi connectivity index (χ3n) is 2.92. The van der Waals surface area contributed by atoms with E-state index in [4.69, 9.17) is 0 Å². The Morgan fingerprint density at radius 2 is 1.60 bits per heavy atom. The second-order valence-electron chi connectivity index (χ2n) is 4.57. The first-order chi connectivity index (χ1) is 9.36. The summed E-state index contributed by atoms with van der Waals surface area (Å²) < 4.78 is 26.1. The molecule has 2 rings (SSSR count). The van der Waals surface area contributed by atoms with E-state index < -0.39 is 17.5 Å². The first-order valence-electron chi connectivity index (χ1n) is 5.94. The molecule has 2 N–H and O–H groups in total. The summed E-state index contributed by atoms with van der Waals surface area (Å²) in [6, 6.07) is 5.73. The summed E-state index contributed by atoms with van der Waals surface area (Å²) in [5.41, 5.74) is 1.62. The van der Waals surface area contributed by atoms with E-state index in [0.717, 1.165) is 12.1 Å².